The molecule has 1 heterocycles. The molecule has 1 fully saturated rings. The maximum Gasteiger partial charge on any atom is 0.414 e. The number of nitrogens with one attached hydrogen (secondary N) is 1. The van der Waals surface area contributed by atoms with E-state index in [1.165, 1.54) is 0 Å². The van der Waals surface area contributed by atoms with Gasteiger partial charge in [0, 0.05) is 12.1 Å². The lowest BCUT2D eigenvalue weighted by atomic mass is 10.0. The van der Waals surface area contributed by atoms with Crippen LogP contribution >= 0.6 is 0 Å². The first-order chi connectivity index (χ1) is 12.0. The van der Waals surface area contributed by atoms with E-state index < -0.39 is 33.4 Å². The van der Waals surface area contributed by atoms with Gasteiger partial charge in [0.05, 0.1) is 11.5 Å². The summed E-state index contributed by atoms with van der Waals surface area (Å²) in [5, 5.41) is 27.8. The van der Waals surface area contributed by atoms with Gasteiger partial charge in [0.25, 0.3) is 0 Å². The number of carboxylic acids is 2. The van der Waals surface area contributed by atoms with E-state index in [-0.39, 0.29) is 18.1 Å². The number of benzene rings is 1. The van der Waals surface area contributed by atoms with Gasteiger partial charge in [-0.2, -0.15) is 0 Å². The quantitative estimate of drug-likeness (QED) is 0.483. The summed E-state index contributed by atoms with van der Waals surface area (Å²) >= 11 is 0. The van der Waals surface area contributed by atoms with E-state index in [1.54, 1.807) is 0 Å². The Morgan fingerprint density at radius 1 is 1.23 bits per heavy atom. The lowest BCUT2D eigenvalue weighted by Crippen LogP contribution is -2.47. The number of aliphatic carboxylic acids is 2. The second kappa shape index (κ2) is 9.51. The van der Waals surface area contributed by atoms with Gasteiger partial charge in [0.1, 0.15) is 18.5 Å². The van der Waals surface area contributed by atoms with Crippen LogP contribution < -0.4 is 10.1 Å². The van der Waals surface area contributed by atoms with Crippen molar-refractivity contribution >= 4 is 21.8 Å². The number of sulfone groups is 1. The molecule has 1 saturated heterocycles. The fourth-order valence-electron chi connectivity index (χ4n) is 2.28. The summed E-state index contributed by atoms with van der Waals surface area (Å²) in [6, 6.07) is 9.27. The average molecular weight is 389 g/mol. The van der Waals surface area contributed by atoms with Crippen LogP contribution in [0.1, 0.15) is 13.3 Å². The fraction of sp³-hybridized carbons (Fsp3) is 0.500. The lowest BCUT2D eigenvalue weighted by Gasteiger charge is -2.25. The second-order valence-electron chi connectivity index (χ2n) is 6.17. The topological polar surface area (TPSA) is 150 Å². The first-order valence-electron chi connectivity index (χ1n) is 7.80. The molecule has 1 aromatic rings. The Morgan fingerprint density at radius 2 is 1.81 bits per heavy atom. The number of rotatable bonds is 6. The summed E-state index contributed by atoms with van der Waals surface area (Å²) in [5.41, 5.74) is -0.438. The molecule has 10 heteroatoms. The first kappa shape index (κ1) is 21.9. The van der Waals surface area contributed by atoms with Gasteiger partial charge in [0.2, 0.25) is 0 Å². The molecular formula is C16H23NO8S. The average Bonchev–Trinajstić information content (AvgIpc) is 2.86. The number of aliphatic hydroxyl groups excluding tert-OH is 1. The molecule has 0 bridgehead atoms. The zero-order valence-corrected chi connectivity index (χ0v) is 15.1. The molecule has 2 unspecified atom stereocenters. The van der Waals surface area contributed by atoms with Gasteiger partial charge in [-0.25, -0.2) is 18.0 Å². The standard InChI is InChI=1S/C14H21NO4S.C2H2O4/c1-14(7-8-20(17,18)11-14)15-9-12(16)10-19-13-5-3-2-4-6-13;3-1(4)2(5)6/h2-6,12,15-16H,7-11H2,1H3;(H,3,4)(H,5,6). The Labute approximate surface area is 151 Å². The highest BCUT2D eigenvalue weighted by molar-refractivity contribution is 7.91. The van der Waals surface area contributed by atoms with Crippen molar-refractivity contribution in [2.75, 3.05) is 24.7 Å². The van der Waals surface area contributed by atoms with E-state index in [4.69, 9.17) is 24.5 Å². The minimum atomic E-state index is -2.93. The molecule has 1 aromatic carbocycles. The van der Waals surface area contributed by atoms with Gasteiger partial charge in [-0.15, -0.1) is 0 Å². The van der Waals surface area contributed by atoms with Crippen LogP contribution in [0, 0.1) is 0 Å². The lowest BCUT2D eigenvalue weighted by molar-refractivity contribution is -0.159. The van der Waals surface area contributed by atoms with E-state index in [0.717, 1.165) is 0 Å². The number of carbonyl (C=O) groups is 2. The predicted molar refractivity (Wildman–Crippen MR) is 92.9 cm³/mol. The summed E-state index contributed by atoms with van der Waals surface area (Å²) in [4.78, 5) is 18.2. The number of carboxylic acid groups (broad SMARTS) is 2. The van der Waals surface area contributed by atoms with Crippen molar-refractivity contribution in [3.05, 3.63) is 30.3 Å². The van der Waals surface area contributed by atoms with Crippen molar-refractivity contribution in [3.63, 3.8) is 0 Å². The SMILES string of the molecule is CC1(NCC(O)COc2ccccc2)CCS(=O)(=O)C1.O=C(O)C(=O)O. The molecule has 146 valence electrons. The molecule has 0 aliphatic carbocycles. The van der Waals surface area contributed by atoms with Gasteiger partial charge in [-0.05, 0) is 25.5 Å². The molecule has 2 atom stereocenters. The highest BCUT2D eigenvalue weighted by Crippen LogP contribution is 2.22. The summed E-state index contributed by atoms with van der Waals surface area (Å²) in [7, 11) is -2.93. The fourth-order valence-corrected chi connectivity index (χ4v) is 4.41. The normalized spacial score (nSPS) is 21.9. The third-order valence-corrected chi connectivity index (χ3v) is 5.54. The van der Waals surface area contributed by atoms with Crippen LogP contribution in [0.4, 0.5) is 0 Å². The first-order valence-corrected chi connectivity index (χ1v) is 9.63. The molecule has 0 amide bonds. The van der Waals surface area contributed by atoms with Crippen molar-refractivity contribution in [2.45, 2.75) is 25.0 Å². The van der Waals surface area contributed by atoms with Crippen LogP contribution in [-0.2, 0) is 19.4 Å². The van der Waals surface area contributed by atoms with Crippen molar-refractivity contribution in [1.29, 1.82) is 0 Å². The number of ether oxygens (including phenoxy) is 1. The molecular weight excluding hydrogens is 366 g/mol. The number of hydrogen-bond donors (Lipinski definition) is 4. The monoisotopic (exact) mass is 389 g/mol. The van der Waals surface area contributed by atoms with Gasteiger partial charge in [0.15, 0.2) is 9.84 Å². The highest BCUT2D eigenvalue weighted by Gasteiger charge is 2.38. The minimum absolute atomic E-state index is 0.131. The zero-order chi connectivity index (χ0) is 19.8. The van der Waals surface area contributed by atoms with Crippen LogP contribution in [0.2, 0.25) is 0 Å². The van der Waals surface area contributed by atoms with Crippen LogP contribution in [0.3, 0.4) is 0 Å². The van der Waals surface area contributed by atoms with E-state index >= 15 is 0 Å². The summed E-state index contributed by atoms with van der Waals surface area (Å²) in [6.07, 6.45) is -0.0861. The second-order valence-corrected chi connectivity index (χ2v) is 8.36. The van der Waals surface area contributed by atoms with E-state index in [0.29, 0.717) is 18.7 Å². The van der Waals surface area contributed by atoms with Gasteiger partial charge >= 0.3 is 11.9 Å². The van der Waals surface area contributed by atoms with Crippen molar-refractivity contribution < 1.29 is 38.1 Å². The van der Waals surface area contributed by atoms with Crippen LogP contribution in [0.5, 0.6) is 5.75 Å². The largest absolute Gasteiger partial charge is 0.491 e. The smallest absolute Gasteiger partial charge is 0.414 e. The van der Waals surface area contributed by atoms with Gasteiger partial charge in [-0.3, -0.25) is 0 Å². The Kier molecular flexibility index (Phi) is 8.00. The van der Waals surface area contributed by atoms with E-state index in [2.05, 4.69) is 5.32 Å². The van der Waals surface area contributed by atoms with Gasteiger partial charge < -0.3 is 25.4 Å². The third kappa shape index (κ3) is 8.28. The van der Waals surface area contributed by atoms with Gasteiger partial charge in [-0.1, -0.05) is 18.2 Å². The molecule has 4 N–H and O–H groups in total. The molecule has 0 aromatic heterocycles. The highest BCUT2D eigenvalue weighted by atomic mass is 32.2. The number of β-amino-alcohol motifs (C(OH)–C–C–N with tert-alkyl or cyclic N) is 1. The molecule has 2 rings (SSSR count). The van der Waals surface area contributed by atoms with Crippen molar-refractivity contribution in [3.8, 4) is 5.75 Å². The predicted octanol–water partition coefficient (Wildman–Crippen LogP) is -0.251. The molecule has 1 aliphatic heterocycles. The van der Waals surface area contributed by atoms with Crippen molar-refractivity contribution in [2.24, 2.45) is 0 Å². The summed E-state index contributed by atoms with van der Waals surface area (Å²) in [5.74, 6) is -2.59. The Morgan fingerprint density at radius 3 is 2.27 bits per heavy atom. The molecule has 9 nitrogen and oxygen atoms in total. The number of hydrogen-bond acceptors (Lipinski definition) is 7. The van der Waals surface area contributed by atoms with Crippen LogP contribution in [0.15, 0.2) is 30.3 Å². The molecule has 26 heavy (non-hydrogen) atoms. The van der Waals surface area contributed by atoms with Crippen molar-refractivity contribution in [1.82, 2.24) is 5.32 Å². The van der Waals surface area contributed by atoms with Crippen LogP contribution in [0.25, 0.3) is 0 Å². The van der Waals surface area contributed by atoms with E-state index in [1.807, 2.05) is 37.3 Å². The molecule has 0 saturated carbocycles. The zero-order valence-electron chi connectivity index (χ0n) is 14.3. The van der Waals surface area contributed by atoms with Crippen LogP contribution in [-0.4, -0.2) is 72.0 Å². The van der Waals surface area contributed by atoms with E-state index in [9.17, 15) is 13.5 Å². The summed E-state index contributed by atoms with van der Waals surface area (Å²) < 4.78 is 28.4. The maximum atomic E-state index is 11.5. The maximum absolute atomic E-state index is 11.5. The third-order valence-electron chi connectivity index (χ3n) is 3.64. The summed E-state index contributed by atoms with van der Waals surface area (Å²) in [6.45, 7) is 2.38. The molecule has 1 aliphatic rings. The molecule has 0 spiro atoms. The Balaban J connectivity index is 0.000000487. The minimum Gasteiger partial charge on any atom is -0.491 e. The number of para-hydroxylation sites is 1. The number of aliphatic hydroxyl groups is 1. The Hall–Kier alpha value is -2.17. The Bertz CT molecular complexity index is 694. The molecule has 0 radical (unpaired) electrons.